The Morgan fingerprint density at radius 1 is 1.11 bits per heavy atom. The van der Waals surface area contributed by atoms with Gasteiger partial charge in [0.1, 0.15) is 6.10 Å². The average Bonchev–Trinajstić information content (AvgIpc) is 2.73. The molecular weight excluding hydrogens is 340 g/mol. The Morgan fingerprint density at radius 3 is 2.81 bits per heavy atom. The summed E-state index contributed by atoms with van der Waals surface area (Å²) in [5, 5.41) is 5.39. The molecule has 1 saturated heterocycles. The van der Waals surface area contributed by atoms with Crippen molar-refractivity contribution in [3.8, 4) is 6.01 Å². The summed E-state index contributed by atoms with van der Waals surface area (Å²) in [6.45, 7) is 1.78. The first kappa shape index (κ1) is 17.3. The number of carbonyl (C=O) groups excluding carboxylic acids is 1. The summed E-state index contributed by atoms with van der Waals surface area (Å²) in [4.78, 5) is 22.6. The molecule has 0 radical (unpaired) electrons. The number of nitrogens with zero attached hydrogens (tertiary/aromatic N) is 3. The van der Waals surface area contributed by atoms with E-state index in [2.05, 4.69) is 39.6 Å². The molecule has 3 aromatic rings. The van der Waals surface area contributed by atoms with Gasteiger partial charge in [-0.15, -0.1) is 0 Å². The molecule has 6 heteroatoms. The third kappa shape index (κ3) is 4.16. The topological polar surface area (TPSA) is 67.4 Å². The van der Waals surface area contributed by atoms with Crippen molar-refractivity contribution >= 4 is 16.8 Å². The molecule has 1 aromatic heterocycles. The summed E-state index contributed by atoms with van der Waals surface area (Å²) >= 11 is 0. The number of piperidine rings is 1. The van der Waals surface area contributed by atoms with Crippen molar-refractivity contribution in [2.45, 2.75) is 25.5 Å². The standard InChI is InChI=1S/C21H22N4O2/c26-21(24-14-17-8-3-7-16-6-1-2-10-19(16)17)25-13-4-9-18(15-25)27-20-22-11-5-12-23-20/h1-3,5-8,10-12,18H,4,9,13-15H2,(H,24,26)/t18-/m1/s1. The van der Waals surface area contributed by atoms with Crippen molar-refractivity contribution in [2.75, 3.05) is 13.1 Å². The van der Waals surface area contributed by atoms with E-state index in [4.69, 9.17) is 4.74 Å². The van der Waals surface area contributed by atoms with Crippen LogP contribution >= 0.6 is 0 Å². The lowest BCUT2D eigenvalue weighted by atomic mass is 10.0. The zero-order valence-corrected chi connectivity index (χ0v) is 15.0. The smallest absolute Gasteiger partial charge is 0.317 e. The van der Waals surface area contributed by atoms with Gasteiger partial charge in [0.2, 0.25) is 0 Å². The van der Waals surface area contributed by atoms with Crippen LogP contribution in [0, 0.1) is 0 Å². The molecule has 0 saturated carbocycles. The van der Waals surface area contributed by atoms with Crippen LogP contribution in [0.2, 0.25) is 0 Å². The summed E-state index contributed by atoms with van der Waals surface area (Å²) in [5.41, 5.74) is 1.11. The molecule has 138 valence electrons. The Bertz CT molecular complexity index is 911. The number of amides is 2. The monoisotopic (exact) mass is 362 g/mol. The number of urea groups is 1. The van der Waals surface area contributed by atoms with Crippen molar-refractivity contribution < 1.29 is 9.53 Å². The van der Waals surface area contributed by atoms with Gasteiger partial charge in [-0.1, -0.05) is 42.5 Å². The minimum atomic E-state index is -0.0792. The van der Waals surface area contributed by atoms with Gasteiger partial charge in [-0.05, 0) is 35.2 Å². The fourth-order valence-electron chi connectivity index (χ4n) is 3.44. The fraction of sp³-hybridized carbons (Fsp3) is 0.286. The highest BCUT2D eigenvalue weighted by molar-refractivity contribution is 5.86. The van der Waals surface area contributed by atoms with Gasteiger partial charge in [-0.3, -0.25) is 0 Å². The first-order valence-corrected chi connectivity index (χ1v) is 9.23. The summed E-state index contributed by atoms with van der Waals surface area (Å²) in [6, 6.07) is 16.4. The van der Waals surface area contributed by atoms with Gasteiger partial charge in [0.15, 0.2) is 0 Å². The molecule has 0 bridgehead atoms. The van der Waals surface area contributed by atoms with E-state index in [-0.39, 0.29) is 12.1 Å². The first-order valence-electron chi connectivity index (χ1n) is 9.23. The summed E-state index contributed by atoms with van der Waals surface area (Å²) in [6.07, 6.45) is 5.02. The molecule has 1 aliphatic heterocycles. The van der Waals surface area contributed by atoms with E-state index < -0.39 is 0 Å². The first-order chi connectivity index (χ1) is 13.3. The molecule has 0 unspecified atom stereocenters. The number of ether oxygens (including phenoxy) is 1. The second kappa shape index (κ2) is 8.03. The summed E-state index contributed by atoms with van der Waals surface area (Å²) in [5.74, 6) is 0. The van der Waals surface area contributed by atoms with Crippen LogP contribution in [-0.4, -0.2) is 40.1 Å². The van der Waals surface area contributed by atoms with E-state index >= 15 is 0 Å². The SMILES string of the molecule is O=C(NCc1cccc2ccccc12)N1CCC[C@@H](Oc2ncccn2)C1. The number of aromatic nitrogens is 2. The molecule has 0 aliphatic carbocycles. The minimum absolute atomic E-state index is 0.0646. The van der Waals surface area contributed by atoms with Crippen molar-refractivity contribution in [2.24, 2.45) is 0 Å². The second-order valence-electron chi connectivity index (χ2n) is 6.66. The number of likely N-dealkylation sites (tertiary alicyclic amines) is 1. The Labute approximate surface area is 158 Å². The Morgan fingerprint density at radius 2 is 1.93 bits per heavy atom. The molecule has 6 nitrogen and oxygen atoms in total. The number of nitrogens with one attached hydrogen (secondary N) is 1. The van der Waals surface area contributed by atoms with Crippen LogP contribution in [0.3, 0.4) is 0 Å². The number of benzene rings is 2. The minimum Gasteiger partial charge on any atom is -0.458 e. The molecule has 1 aliphatic rings. The van der Waals surface area contributed by atoms with Crippen LogP contribution in [0.4, 0.5) is 4.79 Å². The molecule has 2 heterocycles. The van der Waals surface area contributed by atoms with Gasteiger partial charge >= 0.3 is 12.0 Å². The molecule has 1 atom stereocenters. The number of hydrogen-bond acceptors (Lipinski definition) is 4. The Balaban J connectivity index is 1.36. The van der Waals surface area contributed by atoms with Crippen LogP contribution < -0.4 is 10.1 Å². The molecule has 0 spiro atoms. The molecular formula is C21H22N4O2. The molecule has 1 fully saturated rings. The van der Waals surface area contributed by atoms with Gasteiger partial charge < -0.3 is 15.0 Å². The van der Waals surface area contributed by atoms with E-state index in [9.17, 15) is 4.79 Å². The number of fused-ring (bicyclic) bond motifs is 1. The third-order valence-corrected chi connectivity index (χ3v) is 4.79. The maximum atomic E-state index is 12.6. The van der Waals surface area contributed by atoms with Gasteiger partial charge in [0, 0.05) is 25.5 Å². The Kier molecular flexibility index (Phi) is 5.14. The van der Waals surface area contributed by atoms with Crippen LogP contribution in [0.15, 0.2) is 60.9 Å². The molecule has 1 N–H and O–H groups in total. The second-order valence-corrected chi connectivity index (χ2v) is 6.66. The van der Waals surface area contributed by atoms with Gasteiger partial charge in [0.05, 0.1) is 6.54 Å². The fourth-order valence-corrected chi connectivity index (χ4v) is 3.44. The lowest BCUT2D eigenvalue weighted by Crippen LogP contribution is -2.48. The van der Waals surface area contributed by atoms with Crippen LogP contribution in [0.1, 0.15) is 18.4 Å². The average molecular weight is 362 g/mol. The van der Waals surface area contributed by atoms with E-state index in [1.54, 1.807) is 18.5 Å². The number of hydrogen-bond donors (Lipinski definition) is 1. The van der Waals surface area contributed by atoms with E-state index in [1.165, 1.54) is 10.8 Å². The van der Waals surface area contributed by atoms with Crippen molar-refractivity contribution in [1.29, 1.82) is 0 Å². The van der Waals surface area contributed by atoms with Crippen LogP contribution in [0.25, 0.3) is 10.8 Å². The molecule has 2 aromatic carbocycles. The highest BCUT2D eigenvalue weighted by Crippen LogP contribution is 2.19. The highest BCUT2D eigenvalue weighted by Gasteiger charge is 2.25. The van der Waals surface area contributed by atoms with Crippen molar-refractivity contribution in [3.05, 3.63) is 66.5 Å². The summed E-state index contributed by atoms with van der Waals surface area (Å²) < 4.78 is 5.81. The summed E-state index contributed by atoms with van der Waals surface area (Å²) in [7, 11) is 0. The van der Waals surface area contributed by atoms with Crippen LogP contribution in [0.5, 0.6) is 6.01 Å². The van der Waals surface area contributed by atoms with E-state index in [1.807, 2.05) is 23.1 Å². The van der Waals surface area contributed by atoms with E-state index in [0.29, 0.717) is 19.1 Å². The van der Waals surface area contributed by atoms with Crippen molar-refractivity contribution in [3.63, 3.8) is 0 Å². The zero-order valence-electron chi connectivity index (χ0n) is 15.0. The van der Waals surface area contributed by atoms with Crippen molar-refractivity contribution in [1.82, 2.24) is 20.2 Å². The normalized spacial score (nSPS) is 16.9. The maximum Gasteiger partial charge on any atom is 0.317 e. The van der Waals surface area contributed by atoms with Gasteiger partial charge in [-0.2, -0.15) is 0 Å². The Hall–Kier alpha value is -3.15. The van der Waals surface area contributed by atoms with Crippen LogP contribution in [-0.2, 0) is 6.54 Å². The largest absolute Gasteiger partial charge is 0.458 e. The number of rotatable bonds is 4. The van der Waals surface area contributed by atoms with E-state index in [0.717, 1.165) is 24.9 Å². The molecule has 2 amide bonds. The quantitative estimate of drug-likeness (QED) is 0.773. The lowest BCUT2D eigenvalue weighted by Gasteiger charge is -2.32. The lowest BCUT2D eigenvalue weighted by molar-refractivity contribution is 0.0938. The number of carbonyl (C=O) groups is 1. The zero-order chi connectivity index (χ0) is 18.5. The third-order valence-electron chi connectivity index (χ3n) is 4.79. The predicted molar refractivity (Wildman–Crippen MR) is 103 cm³/mol. The van der Waals surface area contributed by atoms with Gasteiger partial charge in [-0.25, -0.2) is 14.8 Å². The van der Waals surface area contributed by atoms with Gasteiger partial charge in [0.25, 0.3) is 0 Å². The molecule has 4 rings (SSSR count). The highest BCUT2D eigenvalue weighted by atomic mass is 16.5. The predicted octanol–water partition coefficient (Wildman–Crippen LogP) is 3.38. The molecule has 27 heavy (non-hydrogen) atoms. The maximum absolute atomic E-state index is 12.6.